The van der Waals surface area contributed by atoms with Crippen LogP contribution in [0.15, 0.2) is 22.7 Å². The predicted molar refractivity (Wildman–Crippen MR) is 78.1 cm³/mol. The Bertz CT molecular complexity index is 454. The first kappa shape index (κ1) is 16.0. The molecular formula is C14H20BrNO3. The topological polar surface area (TPSA) is 58.6 Å². The highest BCUT2D eigenvalue weighted by molar-refractivity contribution is 9.10. The molecular weight excluding hydrogens is 310 g/mol. The summed E-state index contributed by atoms with van der Waals surface area (Å²) in [5.41, 5.74) is 0.338. The highest BCUT2D eigenvalue weighted by atomic mass is 79.9. The van der Waals surface area contributed by atoms with Crippen molar-refractivity contribution in [3.63, 3.8) is 0 Å². The molecule has 1 aromatic rings. The van der Waals surface area contributed by atoms with Crippen molar-refractivity contribution in [3.8, 4) is 5.75 Å². The second-order valence-corrected chi connectivity index (χ2v) is 6.21. The molecule has 19 heavy (non-hydrogen) atoms. The lowest BCUT2D eigenvalue weighted by Gasteiger charge is -2.23. The van der Waals surface area contributed by atoms with E-state index in [0.717, 1.165) is 10.0 Å². The number of carbonyl (C=O) groups is 1. The third-order valence-corrected chi connectivity index (χ3v) is 3.37. The second kappa shape index (κ2) is 6.39. The zero-order valence-electron chi connectivity index (χ0n) is 11.7. The monoisotopic (exact) mass is 329 g/mol. The molecule has 5 heteroatoms. The molecule has 1 amide bonds. The third-order valence-electron chi connectivity index (χ3n) is 2.75. The molecule has 0 unspecified atom stereocenters. The Morgan fingerprint density at radius 3 is 2.53 bits per heavy atom. The highest BCUT2D eigenvalue weighted by Crippen LogP contribution is 2.28. The van der Waals surface area contributed by atoms with Crippen LogP contribution in [0.2, 0.25) is 0 Å². The molecule has 1 atom stereocenters. The molecule has 0 spiro atoms. The molecule has 0 radical (unpaired) electrons. The van der Waals surface area contributed by atoms with Crippen LogP contribution in [-0.4, -0.2) is 24.7 Å². The fourth-order valence-corrected chi connectivity index (χ4v) is 2.07. The van der Waals surface area contributed by atoms with Crippen LogP contribution in [0.25, 0.3) is 0 Å². The van der Waals surface area contributed by atoms with Gasteiger partial charge < -0.3 is 15.2 Å². The number of hydrogen-bond acceptors (Lipinski definition) is 3. The Labute approximate surface area is 122 Å². The van der Waals surface area contributed by atoms with Crippen molar-refractivity contribution < 1.29 is 14.6 Å². The summed E-state index contributed by atoms with van der Waals surface area (Å²) in [4.78, 5) is 12.0. The average Bonchev–Trinajstić information content (AvgIpc) is 2.34. The lowest BCUT2D eigenvalue weighted by atomic mass is 9.94. The van der Waals surface area contributed by atoms with Crippen LogP contribution in [-0.2, 0) is 4.79 Å². The van der Waals surface area contributed by atoms with Crippen molar-refractivity contribution in [1.29, 1.82) is 0 Å². The van der Waals surface area contributed by atoms with Crippen molar-refractivity contribution >= 4 is 21.8 Å². The predicted octanol–water partition coefficient (Wildman–Crippen LogP) is 2.65. The Kier molecular flexibility index (Phi) is 5.38. The van der Waals surface area contributed by atoms with Gasteiger partial charge in [-0.15, -0.1) is 0 Å². The number of nitrogens with one attached hydrogen (secondary N) is 1. The minimum absolute atomic E-state index is 0.0986. The number of amides is 1. The summed E-state index contributed by atoms with van der Waals surface area (Å²) < 4.78 is 5.94. The van der Waals surface area contributed by atoms with Gasteiger partial charge in [0.2, 0.25) is 5.91 Å². The van der Waals surface area contributed by atoms with Gasteiger partial charge in [0.15, 0.2) is 0 Å². The number of hydrogen-bond donors (Lipinski definition) is 2. The molecule has 0 aliphatic rings. The molecule has 4 nitrogen and oxygen atoms in total. The smallest absolute Gasteiger partial charge is 0.225 e. The molecule has 0 aromatic heterocycles. The van der Waals surface area contributed by atoms with Crippen LogP contribution in [0.4, 0.5) is 0 Å². The number of aliphatic hydroxyl groups is 1. The number of rotatable bonds is 4. The van der Waals surface area contributed by atoms with Gasteiger partial charge in [0.25, 0.3) is 0 Å². The molecule has 106 valence electrons. The van der Waals surface area contributed by atoms with Crippen LogP contribution in [0.1, 0.15) is 32.4 Å². The average molecular weight is 330 g/mol. The van der Waals surface area contributed by atoms with Crippen LogP contribution in [0.5, 0.6) is 5.75 Å². The van der Waals surface area contributed by atoms with E-state index in [4.69, 9.17) is 4.74 Å². The number of carbonyl (C=O) groups excluding carboxylic acids is 1. The molecule has 0 heterocycles. The molecule has 0 saturated heterocycles. The van der Waals surface area contributed by atoms with Gasteiger partial charge in [0.05, 0.1) is 24.2 Å². The molecule has 0 saturated carbocycles. The molecule has 1 rings (SSSR count). The number of methoxy groups -OCH3 is 1. The Balaban J connectivity index is 2.92. The van der Waals surface area contributed by atoms with Crippen molar-refractivity contribution in [3.05, 3.63) is 28.2 Å². The Hall–Kier alpha value is -1.07. The van der Waals surface area contributed by atoms with Crippen LogP contribution in [0.3, 0.4) is 0 Å². The van der Waals surface area contributed by atoms with Crippen molar-refractivity contribution in [1.82, 2.24) is 5.32 Å². The summed E-state index contributed by atoms with van der Waals surface area (Å²) in [5.74, 6) is 0.612. The molecule has 2 N–H and O–H groups in total. The fraction of sp³-hybridized carbons (Fsp3) is 0.500. The van der Waals surface area contributed by atoms with E-state index in [1.165, 1.54) is 0 Å². The minimum atomic E-state index is -0.489. The first-order chi connectivity index (χ1) is 8.79. The fourth-order valence-electron chi connectivity index (χ4n) is 1.51. The third kappa shape index (κ3) is 4.21. The van der Waals surface area contributed by atoms with Crippen LogP contribution >= 0.6 is 15.9 Å². The molecule has 0 bridgehead atoms. The molecule has 0 fully saturated rings. The number of halogens is 1. The zero-order valence-corrected chi connectivity index (χ0v) is 13.2. The van der Waals surface area contributed by atoms with Gasteiger partial charge in [-0.2, -0.15) is 0 Å². The maximum absolute atomic E-state index is 12.0. The SMILES string of the molecule is COc1ccc([C@H](CO)NC(=O)C(C)(C)C)cc1Br. The van der Waals surface area contributed by atoms with Gasteiger partial charge in [0.1, 0.15) is 5.75 Å². The maximum atomic E-state index is 12.0. The molecule has 1 aromatic carbocycles. The van der Waals surface area contributed by atoms with E-state index < -0.39 is 11.5 Å². The van der Waals surface area contributed by atoms with Gasteiger partial charge in [-0.25, -0.2) is 0 Å². The zero-order chi connectivity index (χ0) is 14.6. The number of benzene rings is 1. The summed E-state index contributed by atoms with van der Waals surface area (Å²) in [5, 5.41) is 12.3. The first-order valence-electron chi connectivity index (χ1n) is 6.05. The Morgan fingerprint density at radius 2 is 2.11 bits per heavy atom. The van der Waals surface area contributed by atoms with E-state index in [-0.39, 0.29) is 12.5 Å². The largest absolute Gasteiger partial charge is 0.496 e. The summed E-state index contributed by atoms with van der Waals surface area (Å²) in [6, 6.07) is 5.04. The van der Waals surface area contributed by atoms with Gasteiger partial charge in [-0.3, -0.25) is 4.79 Å². The van der Waals surface area contributed by atoms with Gasteiger partial charge in [-0.1, -0.05) is 26.8 Å². The quantitative estimate of drug-likeness (QED) is 0.892. The van der Waals surface area contributed by atoms with E-state index in [1.807, 2.05) is 32.9 Å². The normalized spacial score (nSPS) is 12.9. The van der Waals surface area contributed by atoms with E-state index in [1.54, 1.807) is 13.2 Å². The first-order valence-corrected chi connectivity index (χ1v) is 6.84. The minimum Gasteiger partial charge on any atom is -0.496 e. The van der Waals surface area contributed by atoms with E-state index >= 15 is 0 Å². The van der Waals surface area contributed by atoms with E-state index in [2.05, 4.69) is 21.2 Å². The summed E-state index contributed by atoms with van der Waals surface area (Å²) >= 11 is 3.39. The lowest BCUT2D eigenvalue weighted by Crippen LogP contribution is -2.38. The van der Waals surface area contributed by atoms with Crippen molar-refractivity contribution in [2.45, 2.75) is 26.8 Å². The molecule has 0 aliphatic heterocycles. The number of ether oxygens (including phenoxy) is 1. The van der Waals surface area contributed by atoms with E-state index in [9.17, 15) is 9.90 Å². The summed E-state index contributed by atoms with van der Waals surface area (Å²) in [6.45, 7) is 5.35. The van der Waals surface area contributed by atoms with Crippen molar-refractivity contribution in [2.75, 3.05) is 13.7 Å². The maximum Gasteiger partial charge on any atom is 0.225 e. The van der Waals surface area contributed by atoms with Crippen LogP contribution < -0.4 is 10.1 Å². The second-order valence-electron chi connectivity index (χ2n) is 5.35. The Morgan fingerprint density at radius 1 is 1.47 bits per heavy atom. The molecule has 0 aliphatic carbocycles. The van der Waals surface area contributed by atoms with Gasteiger partial charge in [-0.05, 0) is 33.6 Å². The van der Waals surface area contributed by atoms with Gasteiger partial charge >= 0.3 is 0 Å². The summed E-state index contributed by atoms with van der Waals surface area (Å²) in [7, 11) is 1.59. The van der Waals surface area contributed by atoms with Crippen LogP contribution in [0, 0.1) is 5.41 Å². The van der Waals surface area contributed by atoms with Crippen molar-refractivity contribution in [2.24, 2.45) is 5.41 Å². The highest BCUT2D eigenvalue weighted by Gasteiger charge is 2.24. The van der Waals surface area contributed by atoms with Gasteiger partial charge in [0, 0.05) is 5.41 Å². The lowest BCUT2D eigenvalue weighted by molar-refractivity contribution is -0.129. The number of aliphatic hydroxyl groups excluding tert-OH is 1. The summed E-state index contributed by atoms with van der Waals surface area (Å²) in [6.07, 6.45) is 0. The van der Waals surface area contributed by atoms with E-state index in [0.29, 0.717) is 5.75 Å². The standard InChI is InChI=1S/C14H20BrNO3/c1-14(2,3)13(18)16-11(8-17)9-5-6-12(19-4)10(15)7-9/h5-7,11,17H,8H2,1-4H3,(H,16,18)/t11-/m0/s1.